The van der Waals surface area contributed by atoms with Crippen LogP contribution in [0.1, 0.15) is 59.9 Å². The van der Waals surface area contributed by atoms with Gasteiger partial charge in [-0.3, -0.25) is 19.3 Å². The SMILES string of the molecule is C=C1CCC(N2C(=O)c3ccc(C#CCOCCOCCOCCOCCNC(=O)OC(C)(C)C)cc3C2=O)C(=O)N1. The summed E-state index contributed by atoms with van der Waals surface area (Å²) in [5.41, 5.74) is 1.12. The van der Waals surface area contributed by atoms with Crippen LogP contribution < -0.4 is 10.6 Å². The van der Waals surface area contributed by atoms with Gasteiger partial charge in [-0.25, -0.2) is 4.79 Å². The van der Waals surface area contributed by atoms with Gasteiger partial charge >= 0.3 is 6.09 Å². The highest BCUT2D eigenvalue weighted by Crippen LogP contribution is 2.29. The highest BCUT2D eigenvalue weighted by molar-refractivity contribution is 6.23. The van der Waals surface area contributed by atoms with Crippen LogP contribution in [0.25, 0.3) is 0 Å². The summed E-state index contributed by atoms with van der Waals surface area (Å²) in [7, 11) is 0. The molecular formula is C30H39N3O9. The largest absolute Gasteiger partial charge is 0.444 e. The van der Waals surface area contributed by atoms with E-state index < -0.39 is 35.5 Å². The molecule has 2 heterocycles. The van der Waals surface area contributed by atoms with Crippen molar-refractivity contribution in [3.05, 3.63) is 47.2 Å². The number of nitrogens with zero attached hydrogens (tertiary/aromatic N) is 1. The number of hydrogen-bond donors (Lipinski definition) is 2. The molecule has 228 valence electrons. The summed E-state index contributed by atoms with van der Waals surface area (Å²) in [5.74, 6) is 4.43. The molecule has 0 radical (unpaired) electrons. The molecule has 1 atom stereocenters. The van der Waals surface area contributed by atoms with Crippen LogP contribution in [-0.2, 0) is 28.5 Å². The Bertz CT molecular complexity index is 1210. The van der Waals surface area contributed by atoms with E-state index in [0.29, 0.717) is 76.9 Å². The number of piperidine rings is 1. The van der Waals surface area contributed by atoms with Gasteiger partial charge in [0.25, 0.3) is 11.8 Å². The van der Waals surface area contributed by atoms with E-state index in [1.54, 1.807) is 39.0 Å². The number of carbonyl (C=O) groups excluding carboxylic acids is 4. The van der Waals surface area contributed by atoms with Crippen LogP contribution in [-0.4, -0.2) is 99.8 Å². The first-order chi connectivity index (χ1) is 20.1. The fourth-order valence-electron chi connectivity index (χ4n) is 4.09. The maximum Gasteiger partial charge on any atom is 0.407 e. The number of fused-ring (bicyclic) bond motifs is 1. The molecule has 0 saturated carbocycles. The minimum Gasteiger partial charge on any atom is -0.444 e. The van der Waals surface area contributed by atoms with E-state index in [1.807, 2.05) is 0 Å². The lowest BCUT2D eigenvalue weighted by Gasteiger charge is -2.29. The van der Waals surface area contributed by atoms with Crippen molar-refractivity contribution in [1.82, 2.24) is 15.5 Å². The molecule has 4 amide bonds. The number of carbonyl (C=O) groups is 4. The first-order valence-electron chi connectivity index (χ1n) is 13.8. The first kappa shape index (κ1) is 32.8. The quantitative estimate of drug-likeness (QED) is 0.191. The third kappa shape index (κ3) is 10.3. The molecule has 2 N–H and O–H groups in total. The van der Waals surface area contributed by atoms with Crippen molar-refractivity contribution in [1.29, 1.82) is 0 Å². The number of alkyl carbamates (subject to hydrolysis) is 1. The summed E-state index contributed by atoms with van der Waals surface area (Å²) < 4.78 is 26.8. The van der Waals surface area contributed by atoms with Crippen LogP contribution in [0.5, 0.6) is 0 Å². The Hall–Kier alpha value is -3.76. The third-order valence-electron chi connectivity index (χ3n) is 5.99. The lowest BCUT2D eigenvalue weighted by atomic mass is 10.0. The predicted molar refractivity (Wildman–Crippen MR) is 152 cm³/mol. The van der Waals surface area contributed by atoms with Crippen LogP contribution in [0, 0.1) is 11.8 Å². The standard InChI is InChI=1S/C30H39N3O9/c1-21-7-10-25(26(34)32-21)33-27(35)23-9-8-22(20-24(23)28(33)36)6-5-12-38-14-16-40-18-19-41-17-15-39-13-11-31-29(37)42-30(2,3)4/h8-9,20,25H,1,7,10-19H2,2-4H3,(H,31,37)(H,32,34). The van der Waals surface area contributed by atoms with Crippen LogP contribution in [0.4, 0.5) is 4.79 Å². The van der Waals surface area contributed by atoms with Crippen LogP contribution >= 0.6 is 0 Å². The maximum atomic E-state index is 12.9. The van der Waals surface area contributed by atoms with Gasteiger partial charge in [0.2, 0.25) is 5.91 Å². The second-order valence-corrected chi connectivity index (χ2v) is 10.5. The lowest BCUT2D eigenvalue weighted by molar-refractivity contribution is -0.125. The second-order valence-electron chi connectivity index (χ2n) is 10.5. The smallest absolute Gasteiger partial charge is 0.407 e. The molecule has 12 nitrogen and oxygen atoms in total. The molecule has 1 saturated heterocycles. The van der Waals surface area contributed by atoms with Gasteiger partial charge in [0.1, 0.15) is 18.2 Å². The zero-order valence-corrected chi connectivity index (χ0v) is 24.4. The number of nitrogens with one attached hydrogen (secondary N) is 2. The van der Waals surface area contributed by atoms with E-state index in [1.165, 1.54) is 0 Å². The summed E-state index contributed by atoms with van der Waals surface area (Å²) in [4.78, 5) is 50.6. The molecule has 3 rings (SSSR count). The van der Waals surface area contributed by atoms with Crippen molar-refractivity contribution in [2.75, 3.05) is 59.4 Å². The minimum atomic E-state index is -0.847. The van der Waals surface area contributed by atoms with Crippen molar-refractivity contribution in [3.8, 4) is 11.8 Å². The van der Waals surface area contributed by atoms with Gasteiger partial charge in [-0.15, -0.1) is 0 Å². The molecule has 2 aliphatic rings. The van der Waals surface area contributed by atoms with E-state index in [9.17, 15) is 19.2 Å². The van der Waals surface area contributed by atoms with E-state index >= 15 is 0 Å². The van der Waals surface area contributed by atoms with Crippen LogP contribution in [0.15, 0.2) is 30.5 Å². The Labute approximate surface area is 246 Å². The molecule has 42 heavy (non-hydrogen) atoms. The normalized spacial score (nSPS) is 16.5. The number of allylic oxidation sites excluding steroid dienone is 1. The Kier molecular flexibility index (Phi) is 12.5. The molecule has 1 unspecified atom stereocenters. The topological polar surface area (TPSA) is 142 Å². The van der Waals surface area contributed by atoms with E-state index in [2.05, 4.69) is 29.1 Å². The van der Waals surface area contributed by atoms with Gasteiger partial charge in [0.05, 0.1) is 57.4 Å². The van der Waals surface area contributed by atoms with Gasteiger partial charge in [0, 0.05) is 17.8 Å². The first-order valence-corrected chi connectivity index (χ1v) is 13.8. The van der Waals surface area contributed by atoms with Crippen molar-refractivity contribution < 1.29 is 42.9 Å². The molecule has 1 aromatic carbocycles. The summed E-state index contributed by atoms with van der Waals surface area (Å²) >= 11 is 0. The van der Waals surface area contributed by atoms with Gasteiger partial charge in [-0.1, -0.05) is 18.4 Å². The molecule has 1 aromatic rings. The van der Waals surface area contributed by atoms with E-state index in [-0.39, 0.29) is 17.7 Å². The van der Waals surface area contributed by atoms with Gasteiger partial charge in [-0.2, -0.15) is 0 Å². The fourth-order valence-corrected chi connectivity index (χ4v) is 4.09. The van der Waals surface area contributed by atoms with Gasteiger partial charge in [0.15, 0.2) is 0 Å². The van der Waals surface area contributed by atoms with Crippen molar-refractivity contribution in [2.24, 2.45) is 0 Å². The van der Waals surface area contributed by atoms with Crippen LogP contribution in [0.3, 0.4) is 0 Å². The average Bonchev–Trinajstić information content (AvgIpc) is 3.16. The van der Waals surface area contributed by atoms with Crippen molar-refractivity contribution in [3.63, 3.8) is 0 Å². The summed E-state index contributed by atoms with van der Waals surface area (Å²) in [6.07, 6.45) is 0.385. The molecule has 0 aliphatic carbocycles. The molecule has 0 bridgehead atoms. The molecular weight excluding hydrogens is 546 g/mol. The number of hydrogen-bond acceptors (Lipinski definition) is 9. The summed E-state index contributed by atoms with van der Waals surface area (Å²) in [6.45, 7) is 12.4. The predicted octanol–water partition coefficient (Wildman–Crippen LogP) is 2.02. The highest BCUT2D eigenvalue weighted by Gasteiger charge is 2.43. The monoisotopic (exact) mass is 585 g/mol. The molecule has 12 heteroatoms. The number of ether oxygens (including phenoxy) is 5. The zero-order chi connectivity index (χ0) is 30.5. The Morgan fingerprint density at radius 1 is 0.976 bits per heavy atom. The zero-order valence-electron chi connectivity index (χ0n) is 24.4. The number of imide groups is 1. The number of amides is 4. The third-order valence-corrected chi connectivity index (χ3v) is 5.99. The number of rotatable bonds is 14. The maximum absolute atomic E-state index is 12.9. The molecule has 1 fully saturated rings. The Morgan fingerprint density at radius 3 is 2.24 bits per heavy atom. The Balaban J connectivity index is 1.22. The second kappa shape index (κ2) is 16.0. The van der Waals surface area contributed by atoms with Crippen molar-refractivity contribution >= 4 is 23.8 Å². The lowest BCUT2D eigenvalue weighted by Crippen LogP contribution is -2.51. The highest BCUT2D eigenvalue weighted by atomic mass is 16.6. The van der Waals surface area contributed by atoms with Crippen molar-refractivity contribution in [2.45, 2.75) is 45.3 Å². The van der Waals surface area contributed by atoms with Gasteiger partial charge in [-0.05, 0) is 51.8 Å². The minimum absolute atomic E-state index is 0.169. The molecule has 0 aromatic heterocycles. The molecule has 0 spiro atoms. The Morgan fingerprint density at radius 2 is 1.60 bits per heavy atom. The number of benzene rings is 1. The average molecular weight is 586 g/mol. The summed E-state index contributed by atoms with van der Waals surface area (Å²) in [5, 5.41) is 5.23. The fraction of sp³-hybridized carbons (Fsp3) is 0.533. The van der Waals surface area contributed by atoms with Crippen LogP contribution in [0.2, 0.25) is 0 Å². The van der Waals surface area contributed by atoms with Gasteiger partial charge < -0.3 is 34.3 Å². The van der Waals surface area contributed by atoms with E-state index in [4.69, 9.17) is 23.7 Å². The summed E-state index contributed by atoms with van der Waals surface area (Å²) in [6, 6.07) is 3.95. The van der Waals surface area contributed by atoms with E-state index in [0.717, 1.165) is 4.90 Å². The molecule has 2 aliphatic heterocycles.